The number of nitrogens with two attached hydrogens (primary N) is 1. The molecule has 9 nitrogen and oxygen atoms in total. The predicted octanol–water partition coefficient (Wildman–Crippen LogP) is -0.140. The number of rotatable bonds is 4. The first kappa shape index (κ1) is 21.8. The van der Waals surface area contributed by atoms with Crippen molar-refractivity contribution in [3.8, 4) is 5.75 Å². The number of carboxylic acids is 1. The maximum absolute atomic E-state index is 12.7. The standard InChI is InChI=1S/C17H13N3O6S.Na/c18-10-5-6-11-9(7-10)8-14(27(24,25)26)15(16(11)21)20-19-13-4-2-1-3-12(13)17(22)23;/h1-8,21H,18H2,(H,22,23)(H,24,25,26);/q;+1/p-1. The largest absolute Gasteiger partial charge is 1.00 e. The zero-order valence-corrected chi connectivity index (χ0v) is 17.3. The van der Waals surface area contributed by atoms with Gasteiger partial charge in [0, 0.05) is 5.69 Å². The molecule has 4 N–H and O–H groups in total. The van der Waals surface area contributed by atoms with Crippen LogP contribution in [0.4, 0.5) is 17.1 Å². The fraction of sp³-hybridized carbons (Fsp3) is 0. The zero-order valence-electron chi connectivity index (χ0n) is 14.5. The summed E-state index contributed by atoms with van der Waals surface area (Å²) in [5.74, 6) is -2.06. The molecule has 28 heavy (non-hydrogen) atoms. The second-order valence-corrected chi connectivity index (χ2v) is 6.92. The number of hydrogen-bond donors (Lipinski definition) is 3. The summed E-state index contributed by atoms with van der Waals surface area (Å²) in [7, 11) is -4.80. The van der Waals surface area contributed by atoms with Crippen LogP contribution in [0.2, 0.25) is 0 Å². The molecular formula is C17H12N3NaO6S. The van der Waals surface area contributed by atoms with Crippen LogP contribution in [0.25, 0.3) is 10.8 Å². The molecule has 3 rings (SSSR count). The first-order valence-corrected chi connectivity index (χ1v) is 8.87. The molecule has 0 saturated heterocycles. The van der Waals surface area contributed by atoms with Gasteiger partial charge in [0.2, 0.25) is 0 Å². The van der Waals surface area contributed by atoms with Crippen LogP contribution in [-0.4, -0.2) is 24.0 Å². The Balaban J connectivity index is 0.00000280. The van der Waals surface area contributed by atoms with Crippen molar-refractivity contribution in [2.45, 2.75) is 4.90 Å². The summed E-state index contributed by atoms with van der Waals surface area (Å²) < 4.78 is 32.9. The Labute approximate surface area is 181 Å². The SMILES string of the molecule is Nc1ccc2c([O-])c(N=Nc3ccccc3C(=O)O)c(S(=O)(=O)O)cc2c1.[Na+]. The number of azo groups is 1. The Morgan fingerprint density at radius 1 is 1.07 bits per heavy atom. The smallest absolute Gasteiger partial charge is 0.871 e. The van der Waals surface area contributed by atoms with Crippen molar-refractivity contribution in [2.75, 3.05) is 5.73 Å². The summed E-state index contributed by atoms with van der Waals surface area (Å²) in [4.78, 5) is 10.5. The molecule has 0 heterocycles. The molecule has 0 saturated carbocycles. The van der Waals surface area contributed by atoms with E-state index in [1.54, 1.807) is 0 Å². The van der Waals surface area contributed by atoms with Crippen LogP contribution < -0.4 is 40.4 Å². The third-order valence-corrected chi connectivity index (χ3v) is 4.59. The van der Waals surface area contributed by atoms with Crippen molar-refractivity contribution in [1.82, 2.24) is 0 Å². The molecule has 0 spiro atoms. The summed E-state index contributed by atoms with van der Waals surface area (Å²) in [6, 6.07) is 10.9. The number of nitrogen functional groups attached to an aromatic ring is 1. The number of carbonyl (C=O) groups is 1. The molecule has 138 valence electrons. The Morgan fingerprint density at radius 3 is 2.39 bits per heavy atom. The molecule has 3 aromatic rings. The Kier molecular flexibility index (Phi) is 6.42. The number of nitrogens with zero attached hydrogens (tertiary/aromatic N) is 2. The summed E-state index contributed by atoms with van der Waals surface area (Å²) in [5.41, 5.74) is 5.04. The number of hydrogen-bond acceptors (Lipinski definition) is 7. The van der Waals surface area contributed by atoms with Crippen LogP contribution >= 0.6 is 0 Å². The van der Waals surface area contributed by atoms with Crippen molar-refractivity contribution in [2.24, 2.45) is 10.2 Å². The topological polar surface area (TPSA) is 165 Å². The van der Waals surface area contributed by atoms with Crippen molar-refractivity contribution < 1.29 is 57.5 Å². The zero-order chi connectivity index (χ0) is 19.8. The van der Waals surface area contributed by atoms with Gasteiger partial charge in [-0.15, -0.1) is 10.2 Å². The molecule has 0 radical (unpaired) electrons. The Hall–Kier alpha value is -2.50. The normalized spacial score (nSPS) is 11.5. The van der Waals surface area contributed by atoms with Crippen LogP contribution in [0.3, 0.4) is 0 Å². The van der Waals surface area contributed by atoms with Crippen LogP contribution in [0.5, 0.6) is 5.75 Å². The molecule has 0 aliphatic heterocycles. The van der Waals surface area contributed by atoms with E-state index in [2.05, 4.69) is 10.2 Å². The average Bonchev–Trinajstić information content (AvgIpc) is 2.59. The second-order valence-electron chi connectivity index (χ2n) is 5.53. The van der Waals surface area contributed by atoms with Crippen molar-refractivity contribution in [3.63, 3.8) is 0 Å². The van der Waals surface area contributed by atoms with Gasteiger partial charge in [0.25, 0.3) is 10.1 Å². The summed E-state index contributed by atoms with van der Waals surface area (Å²) in [6.45, 7) is 0. The van der Waals surface area contributed by atoms with E-state index in [0.29, 0.717) is 5.69 Å². The number of fused-ring (bicyclic) bond motifs is 1. The maximum atomic E-state index is 12.7. The molecule has 3 aromatic carbocycles. The van der Waals surface area contributed by atoms with E-state index in [1.165, 1.54) is 42.5 Å². The van der Waals surface area contributed by atoms with Gasteiger partial charge in [-0.1, -0.05) is 23.9 Å². The Bertz CT molecular complexity index is 1210. The van der Waals surface area contributed by atoms with Crippen LogP contribution in [0.1, 0.15) is 10.4 Å². The van der Waals surface area contributed by atoms with Crippen LogP contribution in [-0.2, 0) is 10.1 Å². The average molecular weight is 409 g/mol. The Morgan fingerprint density at radius 2 is 1.75 bits per heavy atom. The third-order valence-electron chi connectivity index (χ3n) is 3.73. The van der Waals surface area contributed by atoms with Crippen LogP contribution in [0, 0.1) is 0 Å². The van der Waals surface area contributed by atoms with E-state index in [9.17, 15) is 22.9 Å². The summed E-state index contributed by atoms with van der Waals surface area (Å²) >= 11 is 0. The van der Waals surface area contributed by atoms with Gasteiger partial charge in [-0.05, 0) is 41.1 Å². The van der Waals surface area contributed by atoms with E-state index >= 15 is 0 Å². The fourth-order valence-corrected chi connectivity index (χ4v) is 3.15. The quantitative estimate of drug-likeness (QED) is 0.233. The van der Waals surface area contributed by atoms with Gasteiger partial charge in [-0.2, -0.15) is 8.42 Å². The van der Waals surface area contributed by atoms with E-state index in [-0.39, 0.29) is 51.6 Å². The van der Waals surface area contributed by atoms with Gasteiger partial charge < -0.3 is 15.9 Å². The van der Waals surface area contributed by atoms with E-state index in [4.69, 9.17) is 10.8 Å². The van der Waals surface area contributed by atoms with Crippen molar-refractivity contribution >= 4 is 43.9 Å². The molecule has 0 fully saturated rings. The van der Waals surface area contributed by atoms with Crippen molar-refractivity contribution in [3.05, 3.63) is 54.1 Å². The van der Waals surface area contributed by atoms with Gasteiger partial charge in [0.1, 0.15) is 10.6 Å². The maximum Gasteiger partial charge on any atom is 1.00 e. The minimum Gasteiger partial charge on any atom is -0.871 e. The summed E-state index contributed by atoms with van der Waals surface area (Å²) in [5, 5.41) is 29.5. The molecule has 0 atom stereocenters. The first-order chi connectivity index (χ1) is 12.7. The van der Waals surface area contributed by atoms with Gasteiger partial charge >= 0.3 is 35.5 Å². The molecule has 0 bridgehead atoms. The molecule has 0 aliphatic carbocycles. The third kappa shape index (κ3) is 4.32. The predicted molar refractivity (Wildman–Crippen MR) is 95.2 cm³/mol. The second kappa shape index (κ2) is 8.25. The molecule has 0 aromatic heterocycles. The van der Waals surface area contributed by atoms with E-state index < -0.39 is 32.4 Å². The van der Waals surface area contributed by atoms with E-state index in [1.807, 2.05) is 0 Å². The molecule has 0 amide bonds. The fourth-order valence-electron chi connectivity index (χ4n) is 2.49. The number of aromatic carboxylic acids is 1. The number of benzene rings is 3. The van der Waals surface area contributed by atoms with Crippen molar-refractivity contribution in [1.29, 1.82) is 0 Å². The molecule has 0 unspecified atom stereocenters. The van der Waals surface area contributed by atoms with Gasteiger partial charge in [0.15, 0.2) is 0 Å². The van der Waals surface area contributed by atoms with Gasteiger partial charge in [0.05, 0.1) is 11.3 Å². The molecular weight excluding hydrogens is 397 g/mol. The minimum atomic E-state index is -4.80. The van der Waals surface area contributed by atoms with Crippen LogP contribution in [0.15, 0.2) is 63.7 Å². The molecule has 11 heteroatoms. The first-order valence-electron chi connectivity index (χ1n) is 7.43. The van der Waals surface area contributed by atoms with Gasteiger partial charge in [-0.25, -0.2) is 4.79 Å². The molecule has 0 aliphatic rings. The van der Waals surface area contributed by atoms with Gasteiger partial charge in [-0.3, -0.25) is 4.55 Å². The number of anilines is 1. The number of carboxylic acid groups (broad SMARTS) is 1. The summed E-state index contributed by atoms with van der Waals surface area (Å²) in [6.07, 6.45) is 0. The monoisotopic (exact) mass is 409 g/mol. The minimum absolute atomic E-state index is 0. The van der Waals surface area contributed by atoms with E-state index in [0.717, 1.165) is 6.07 Å².